The number of fused-ring (bicyclic) bond motifs is 5. The molecule has 2 bridgehead atoms. The zero-order valence-electron chi connectivity index (χ0n) is 39.9. The number of cyclic esters (lactones) is 1. The number of alkyl halides is 1. The Morgan fingerprint density at radius 1 is 1.10 bits per heavy atom. The lowest BCUT2D eigenvalue weighted by molar-refractivity contribution is -0.296. The quantitative estimate of drug-likeness (QED) is 0.0889. The van der Waals surface area contributed by atoms with Crippen molar-refractivity contribution in [3.05, 3.63) is 29.4 Å². The number of aromatic nitrogens is 2. The first-order chi connectivity index (χ1) is 31.2. The first kappa shape index (κ1) is 54.3. The number of oxime groups is 1. The number of anilines is 1. The molecule has 0 spiro atoms. The average Bonchev–Trinajstić information content (AvgIpc) is 3.71. The maximum absolute atomic E-state index is 17.0. The van der Waals surface area contributed by atoms with Gasteiger partial charge in [0.1, 0.15) is 34.3 Å². The number of nitrogens with one attached hydrogen (secondary N) is 1. The zero-order chi connectivity index (χ0) is 49.8. The summed E-state index contributed by atoms with van der Waals surface area (Å²) in [5.41, 5.74) is -5.53. The summed E-state index contributed by atoms with van der Waals surface area (Å²) in [6, 6.07) is 2.91. The Hall–Kier alpha value is -3.67. The molecule has 0 unspecified atom stereocenters. The molecule has 374 valence electrons. The smallest absolute Gasteiger partial charge is 0.428 e. The Bertz CT molecular complexity index is 2170. The average molecular weight is 985 g/mol. The van der Waals surface area contributed by atoms with E-state index >= 15 is 4.39 Å². The highest BCUT2D eigenvalue weighted by Gasteiger charge is 2.56. The number of halogens is 1. The molecule has 2 aromatic rings. The summed E-state index contributed by atoms with van der Waals surface area (Å²) in [7, 11) is -0.955. The fourth-order valence-corrected chi connectivity index (χ4v) is 10.3. The molecule has 5 N–H and O–H groups in total. The molecular weight excluding hydrogens is 919 g/mol. The number of rotatable bonds is 11. The van der Waals surface area contributed by atoms with Crippen molar-refractivity contribution in [2.24, 2.45) is 27.9 Å². The van der Waals surface area contributed by atoms with Gasteiger partial charge in [0.25, 0.3) is 5.67 Å². The third kappa shape index (κ3) is 13.0. The van der Waals surface area contributed by atoms with Gasteiger partial charge in [0, 0.05) is 47.2 Å². The second kappa shape index (κ2) is 22.0. The molecule has 0 aromatic carbocycles. The summed E-state index contributed by atoms with van der Waals surface area (Å²) in [6.45, 7) is 12.9. The van der Waals surface area contributed by atoms with Crippen LogP contribution in [-0.4, -0.2) is 151 Å². The number of nitrogens with zero attached hydrogens (tertiary/aromatic N) is 5. The highest BCUT2D eigenvalue weighted by Crippen LogP contribution is 2.41. The van der Waals surface area contributed by atoms with Gasteiger partial charge in [-0.25, -0.2) is 23.7 Å². The van der Waals surface area contributed by atoms with E-state index in [9.17, 15) is 38.9 Å². The number of hydrogen-bond donors (Lipinski definition) is 5. The van der Waals surface area contributed by atoms with E-state index in [0.717, 1.165) is 18.3 Å². The lowest BCUT2D eigenvalue weighted by Crippen LogP contribution is -2.61. The van der Waals surface area contributed by atoms with E-state index in [-0.39, 0.29) is 50.6 Å². The van der Waals surface area contributed by atoms with Gasteiger partial charge in [-0.1, -0.05) is 39.8 Å². The van der Waals surface area contributed by atoms with Crippen molar-refractivity contribution in [1.82, 2.24) is 14.9 Å². The molecule has 0 radical (unpaired) electrons. The second-order valence-corrected chi connectivity index (χ2v) is 20.7. The van der Waals surface area contributed by atoms with Gasteiger partial charge in [-0.2, -0.15) is 0 Å². The van der Waals surface area contributed by atoms with E-state index in [4.69, 9.17) is 28.5 Å². The number of thiazole rings is 1. The number of Topliss-reactive ketones (excluding diaryl/α,β-unsaturated/α-hetero) is 1. The van der Waals surface area contributed by atoms with E-state index in [2.05, 4.69) is 20.1 Å². The van der Waals surface area contributed by atoms with Crippen molar-refractivity contribution in [3.63, 3.8) is 0 Å². The Kier molecular flexibility index (Phi) is 17.8. The van der Waals surface area contributed by atoms with E-state index in [1.54, 1.807) is 60.8 Å². The van der Waals surface area contributed by atoms with Crippen LogP contribution in [0.15, 0.2) is 33.9 Å². The van der Waals surface area contributed by atoms with E-state index in [1.165, 1.54) is 25.4 Å². The summed E-state index contributed by atoms with van der Waals surface area (Å²) in [5.74, 6) is -6.22. The Morgan fingerprint density at radius 3 is 2.42 bits per heavy atom. The number of aliphatic hydroxyl groups excluding tert-OH is 1. The van der Waals surface area contributed by atoms with Gasteiger partial charge in [-0.05, 0) is 79.1 Å². The summed E-state index contributed by atoms with van der Waals surface area (Å²) in [6.07, 6.45) is -5.27. The molecule has 13 atom stereocenters. The SMILES string of the molecule is CCC(=O)/N=C1\[C@H](C)C[C@@]2(C)OC/C(=N/OCc3ccc(-c4nc(NP(=O)(O)O)cs4)cn3)CO[C@H]([C@H]1C)[C@](C)(O)[C@@H](CC)OC(=O)[C@@](C)(F)C(=O)[C@H](C)[C@H]2O[C@@H]1O[C@H](C)C[C@H](N(C)C)[C@H]1O. The molecule has 20 nitrogen and oxygen atoms in total. The minimum Gasteiger partial charge on any atom is -0.457 e. The van der Waals surface area contributed by atoms with Crippen LogP contribution >= 0.6 is 19.1 Å². The number of ether oxygens (including phenoxy) is 5. The van der Waals surface area contributed by atoms with E-state index < -0.39 is 103 Å². The molecule has 67 heavy (non-hydrogen) atoms. The van der Waals surface area contributed by atoms with Crippen molar-refractivity contribution in [3.8, 4) is 10.6 Å². The number of aliphatic imine (C=N–C) groups is 1. The van der Waals surface area contributed by atoms with Crippen molar-refractivity contribution in [2.45, 2.75) is 154 Å². The highest BCUT2D eigenvalue weighted by molar-refractivity contribution is 7.53. The number of pyridine rings is 1. The number of ketones is 1. The van der Waals surface area contributed by atoms with Crippen molar-refractivity contribution in [2.75, 3.05) is 32.4 Å². The first-order valence-corrected chi connectivity index (χ1v) is 24.8. The summed E-state index contributed by atoms with van der Waals surface area (Å²) in [4.78, 5) is 80.9. The molecule has 0 aliphatic carbocycles. The molecule has 23 heteroatoms. The van der Waals surface area contributed by atoms with Gasteiger partial charge < -0.3 is 53.4 Å². The molecule has 3 saturated heterocycles. The Labute approximate surface area is 394 Å². The minimum atomic E-state index is -4.55. The lowest BCUT2D eigenvalue weighted by atomic mass is 9.73. The summed E-state index contributed by atoms with van der Waals surface area (Å²) < 4.78 is 60.2. The van der Waals surface area contributed by atoms with Crippen LogP contribution in [0.1, 0.15) is 93.7 Å². The Balaban J connectivity index is 1.62. The van der Waals surface area contributed by atoms with Crippen LogP contribution in [0.3, 0.4) is 0 Å². The second-order valence-electron chi connectivity index (χ2n) is 18.5. The fourth-order valence-electron chi connectivity index (χ4n) is 9.08. The topological polar surface area (TPSA) is 270 Å². The van der Waals surface area contributed by atoms with Crippen molar-refractivity contribution >= 4 is 54.0 Å². The predicted molar refractivity (Wildman–Crippen MR) is 245 cm³/mol. The van der Waals surface area contributed by atoms with Crippen LogP contribution < -0.4 is 5.09 Å². The number of hydrogen-bond acceptors (Lipinski definition) is 17. The van der Waals surface area contributed by atoms with Crippen LogP contribution in [0.5, 0.6) is 0 Å². The number of carbonyl (C=O) groups excluding carboxylic acids is 3. The molecular formula is C44H66FN6O14PS. The van der Waals surface area contributed by atoms with Gasteiger partial charge in [-0.15, -0.1) is 11.3 Å². The van der Waals surface area contributed by atoms with Gasteiger partial charge in [0.05, 0.1) is 42.8 Å². The van der Waals surface area contributed by atoms with Gasteiger partial charge in [-0.3, -0.25) is 19.7 Å². The molecule has 3 aliphatic rings. The fraction of sp³-hybridized carbons (Fsp3) is 0.705. The van der Waals surface area contributed by atoms with Crippen molar-refractivity contribution < 1.29 is 71.9 Å². The van der Waals surface area contributed by atoms with Gasteiger partial charge in [0.15, 0.2) is 18.7 Å². The zero-order valence-corrected chi connectivity index (χ0v) is 41.6. The molecule has 5 rings (SSSR count). The normalized spacial score (nSPS) is 36.3. The molecule has 0 saturated carbocycles. The number of carbonyl (C=O) groups is 3. The monoisotopic (exact) mass is 984 g/mol. The van der Waals surface area contributed by atoms with Crippen LogP contribution in [-0.2, 0) is 54.1 Å². The van der Waals surface area contributed by atoms with Crippen LogP contribution in [0.4, 0.5) is 10.2 Å². The van der Waals surface area contributed by atoms with Crippen LogP contribution in [0.25, 0.3) is 10.6 Å². The van der Waals surface area contributed by atoms with E-state index in [0.29, 0.717) is 28.4 Å². The number of amides is 1. The molecule has 3 fully saturated rings. The number of esters is 1. The van der Waals surface area contributed by atoms with E-state index in [1.807, 2.05) is 16.9 Å². The highest BCUT2D eigenvalue weighted by atomic mass is 32.1. The van der Waals surface area contributed by atoms with Crippen molar-refractivity contribution in [1.29, 1.82) is 0 Å². The summed E-state index contributed by atoms with van der Waals surface area (Å²) >= 11 is 1.15. The Morgan fingerprint density at radius 2 is 1.81 bits per heavy atom. The minimum absolute atomic E-state index is 0.00956. The van der Waals surface area contributed by atoms with Gasteiger partial charge in [0.2, 0.25) is 5.91 Å². The van der Waals surface area contributed by atoms with Crippen LogP contribution in [0, 0.1) is 17.8 Å². The molecule has 2 aromatic heterocycles. The predicted octanol–water partition coefficient (Wildman–Crippen LogP) is 4.63. The largest absolute Gasteiger partial charge is 0.457 e. The molecule has 3 aliphatic heterocycles. The standard InChI is InChI=1S/C44H66FN6O14PS/c1-12-31-44(9,56)38-25(5)34(48-33(52)13-2)23(3)17-42(7,37(26(6)36(54)43(8,45)41(55)64-31)65-40-35(53)30(51(10)11)16-24(4)63-40)61-20-29(19-60-38)49-62-21-28-15-14-27(18-46-28)39-47-32(22-67-39)50-66(57,58)59/h14-15,18,22-26,30-31,35,37-38,40,53,56H,12-13,16-17,19-21H2,1-11H3,(H3,50,57,58,59)/b48-34+,49-29+/t23-,24-,25+,26+,30+,31-,35-,37-,38-,40+,42-,43+,44-/m1/s1. The number of aliphatic hydroxyl groups is 2. The maximum atomic E-state index is 17.0. The summed E-state index contributed by atoms with van der Waals surface area (Å²) in [5, 5.41) is 32.5. The number of likely N-dealkylation sites (N-methyl/N-ethyl adjacent to an activating group) is 1. The lowest BCUT2D eigenvalue weighted by Gasteiger charge is -2.47. The maximum Gasteiger partial charge on any atom is 0.428 e. The molecule has 1 amide bonds. The third-order valence-corrected chi connectivity index (χ3v) is 14.1. The van der Waals surface area contributed by atoms with Gasteiger partial charge >= 0.3 is 13.7 Å². The molecule has 5 heterocycles. The van der Waals surface area contributed by atoms with Crippen LogP contribution in [0.2, 0.25) is 0 Å². The first-order valence-electron chi connectivity index (χ1n) is 22.3. The third-order valence-electron chi connectivity index (χ3n) is 12.7.